The maximum atomic E-state index is 4.15. The molecular weight excluding hydrogens is 260 g/mol. The van der Waals surface area contributed by atoms with Gasteiger partial charge in [0, 0.05) is 37.1 Å². The summed E-state index contributed by atoms with van der Waals surface area (Å²) in [6, 6.07) is 10.6. The predicted molar refractivity (Wildman–Crippen MR) is 84.8 cm³/mol. The molecule has 1 aromatic carbocycles. The van der Waals surface area contributed by atoms with Gasteiger partial charge in [-0.25, -0.2) is 4.98 Å². The topological polar surface area (TPSA) is 33.1 Å². The molecule has 4 rings (SSSR count). The minimum Gasteiger partial charge on any atom is -0.379 e. The lowest BCUT2D eigenvalue weighted by molar-refractivity contribution is 0.257. The van der Waals surface area contributed by atoms with E-state index in [1.807, 2.05) is 18.7 Å². The second-order valence-corrected chi connectivity index (χ2v) is 6.34. The number of nitrogens with one attached hydrogen (secondary N) is 1. The molecule has 2 heterocycles. The zero-order valence-corrected chi connectivity index (χ0v) is 12.4. The van der Waals surface area contributed by atoms with Crippen LogP contribution in [0.3, 0.4) is 0 Å². The Morgan fingerprint density at radius 1 is 1.24 bits per heavy atom. The van der Waals surface area contributed by atoms with Crippen LogP contribution in [0.4, 0.5) is 5.69 Å². The molecule has 0 amide bonds. The molecular formula is C17H22N4. The van der Waals surface area contributed by atoms with Crippen LogP contribution in [-0.4, -0.2) is 39.1 Å². The van der Waals surface area contributed by atoms with Crippen molar-refractivity contribution in [2.45, 2.75) is 44.3 Å². The summed E-state index contributed by atoms with van der Waals surface area (Å²) in [6.45, 7) is 3.53. The maximum absolute atomic E-state index is 4.15. The summed E-state index contributed by atoms with van der Waals surface area (Å²) in [5, 5.41) is 3.75. The van der Waals surface area contributed by atoms with Crippen LogP contribution >= 0.6 is 0 Å². The average molecular weight is 282 g/mol. The van der Waals surface area contributed by atoms with Crippen molar-refractivity contribution < 1.29 is 0 Å². The van der Waals surface area contributed by atoms with E-state index in [2.05, 4.69) is 51.0 Å². The number of anilines is 1. The van der Waals surface area contributed by atoms with Crippen molar-refractivity contribution in [2.24, 2.45) is 0 Å². The van der Waals surface area contributed by atoms with Crippen LogP contribution in [0.25, 0.3) is 5.69 Å². The first-order chi connectivity index (χ1) is 10.3. The van der Waals surface area contributed by atoms with E-state index >= 15 is 0 Å². The van der Waals surface area contributed by atoms with Crippen molar-refractivity contribution in [3.8, 4) is 5.69 Å². The Morgan fingerprint density at radius 2 is 2.10 bits per heavy atom. The molecule has 1 aliphatic heterocycles. The molecule has 4 heteroatoms. The van der Waals surface area contributed by atoms with E-state index in [4.69, 9.17) is 0 Å². The van der Waals surface area contributed by atoms with E-state index in [-0.39, 0.29) is 0 Å². The Kier molecular flexibility index (Phi) is 3.19. The number of hydrogen-bond donors (Lipinski definition) is 1. The molecule has 0 radical (unpaired) electrons. The van der Waals surface area contributed by atoms with E-state index < -0.39 is 0 Å². The van der Waals surface area contributed by atoms with Crippen molar-refractivity contribution in [1.29, 1.82) is 0 Å². The van der Waals surface area contributed by atoms with Gasteiger partial charge in [-0.15, -0.1) is 0 Å². The zero-order valence-electron chi connectivity index (χ0n) is 12.4. The summed E-state index contributed by atoms with van der Waals surface area (Å²) in [5.41, 5.74) is 2.37. The van der Waals surface area contributed by atoms with Gasteiger partial charge in [0.15, 0.2) is 0 Å². The van der Waals surface area contributed by atoms with Crippen molar-refractivity contribution in [3.05, 3.63) is 43.0 Å². The first-order valence-electron chi connectivity index (χ1n) is 7.91. The molecule has 2 aromatic rings. The van der Waals surface area contributed by atoms with Crippen molar-refractivity contribution >= 4 is 5.69 Å². The number of benzene rings is 1. The predicted octanol–water partition coefficient (Wildman–Crippen LogP) is 2.91. The van der Waals surface area contributed by atoms with E-state index in [9.17, 15) is 0 Å². The highest BCUT2D eigenvalue weighted by Crippen LogP contribution is 2.34. The molecule has 2 unspecified atom stereocenters. The summed E-state index contributed by atoms with van der Waals surface area (Å²) >= 11 is 0. The third-order valence-corrected chi connectivity index (χ3v) is 4.69. The Morgan fingerprint density at radius 3 is 2.86 bits per heavy atom. The van der Waals surface area contributed by atoms with Gasteiger partial charge in [-0.3, -0.25) is 4.90 Å². The van der Waals surface area contributed by atoms with Gasteiger partial charge >= 0.3 is 0 Å². The molecule has 1 aliphatic carbocycles. The van der Waals surface area contributed by atoms with Crippen LogP contribution in [0.1, 0.15) is 26.2 Å². The molecule has 2 aliphatic rings. The Hall–Kier alpha value is -1.81. The lowest BCUT2D eigenvalue weighted by Crippen LogP contribution is -2.31. The first kappa shape index (κ1) is 12.9. The van der Waals surface area contributed by atoms with E-state index in [0.717, 1.165) is 6.04 Å². The second kappa shape index (κ2) is 5.19. The number of imidazole rings is 1. The minimum atomic E-state index is 0.547. The van der Waals surface area contributed by atoms with Crippen LogP contribution < -0.4 is 5.32 Å². The van der Waals surface area contributed by atoms with Gasteiger partial charge < -0.3 is 9.88 Å². The molecule has 2 fully saturated rings. The van der Waals surface area contributed by atoms with E-state index in [1.54, 1.807) is 0 Å². The minimum absolute atomic E-state index is 0.547. The third kappa shape index (κ3) is 2.56. The molecule has 21 heavy (non-hydrogen) atoms. The number of nitrogens with zero attached hydrogens (tertiary/aromatic N) is 3. The lowest BCUT2D eigenvalue weighted by atomic mass is 10.1. The van der Waals surface area contributed by atoms with Gasteiger partial charge in [-0.1, -0.05) is 12.1 Å². The van der Waals surface area contributed by atoms with Gasteiger partial charge in [0.05, 0.1) is 17.7 Å². The molecule has 2 atom stereocenters. The molecule has 110 valence electrons. The summed E-state index contributed by atoms with van der Waals surface area (Å²) in [5.74, 6) is 0. The molecule has 1 N–H and O–H groups in total. The maximum Gasteiger partial charge on any atom is 0.0992 e. The zero-order chi connectivity index (χ0) is 14.2. The van der Waals surface area contributed by atoms with Crippen LogP contribution in [0.15, 0.2) is 43.0 Å². The number of para-hydroxylation sites is 2. The fourth-order valence-corrected chi connectivity index (χ4v) is 3.52. The molecule has 1 aromatic heterocycles. The quantitative estimate of drug-likeness (QED) is 0.936. The Labute approximate surface area is 125 Å². The fourth-order valence-electron chi connectivity index (χ4n) is 3.52. The highest BCUT2D eigenvalue weighted by Gasteiger charge is 2.38. The van der Waals surface area contributed by atoms with Crippen molar-refractivity contribution in [1.82, 2.24) is 14.5 Å². The highest BCUT2D eigenvalue weighted by molar-refractivity contribution is 5.61. The summed E-state index contributed by atoms with van der Waals surface area (Å²) < 4.78 is 2.07. The van der Waals surface area contributed by atoms with Gasteiger partial charge in [0.2, 0.25) is 0 Å². The monoisotopic (exact) mass is 282 g/mol. The highest BCUT2D eigenvalue weighted by atomic mass is 15.3. The lowest BCUT2D eigenvalue weighted by Gasteiger charge is -2.20. The van der Waals surface area contributed by atoms with Crippen LogP contribution in [0.2, 0.25) is 0 Å². The summed E-state index contributed by atoms with van der Waals surface area (Å²) in [6.07, 6.45) is 9.69. The molecule has 1 saturated carbocycles. The SMILES string of the molecule is CC1CC(Nc2ccccc2-n2ccnc2)CN1C1CC1. The van der Waals surface area contributed by atoms with Crippen LogP contribution in [-0.2, 0) is 0 Å². The molecule has 0 bridgehead atoms. The van der Waals surface area contributed by atoms with Crippen LogP contribution in [0, 0.1) is 0 Å². The number of hydrogen-bond acceptors (Lipinski definition) is 3. The summed E-state index contributed by atoms with van der Waals surface area (Å²) in [4.78, 5) is 6.83. The fraction of sp³-hybridized carbons (Fsp3) is 0.471. The van der Waals surface area contributed by atoms with Gasteiger partial charge in [-0.05, 0) is 38.3 Å². The standard InChI is InChI=1S/C17H22N4/c1-13-10-14(11-21(13)15-6-7-15)19-16-4-2-3-5-17(16)20-9-8-18-12-20/h2-5,8-9,12-15,19H,6-7,10-11H2,1H3. The number of aromatic nitrogens is 2. The van der Waals surface area contributed by atoms with Crippen LogP contribution in [0.5, 0.6) is 0 Å². The van der Waals surface area contributed by atoms with Crippen molar-refractivity contribution in [2.75, 3.05) is 11.9 Å². The van der Waals surface area contributed by atoms with Crippen molar-refractivity contribution in [3.63, 3.8) is 0 Å². The van der Waals surface area contributed by atoms with E-state index in [1.165, 1.54) is 37.2 Å². The van der Waals surface area contributed by atoms with Gasteiger partial charge in [0.25, 0.3) is 0 Å². The first-order valence-corrected chi connectivity index (χ1v) is 7.91. The number of likely N-dealkylation sites (tertiary alicyclic amines) is 1. The Bertz CT molecular complexity index is 603. The largest absolute Gasteiger partial charge is 0.379 e. The molecule has 0 spiro atoms. The molecule has 1 saturated heterocycles. The van der Waals surface area contributed by atoms with E-state index in [0.29, 0.717) is 12.1 Å². The normalized spacial score (nSPS) is 26.1. The van der Waals surface area contributed by atoms with Gasteiger partial charge in [0.1, 0.15) is 0 Å². The number of rotatable bonds is 4. The third-order valence-electron chi connectivity index (χ3n) is 4.69. The van der Waals surface area contributed by atoms with Gasteiger partial charge in [-0.2, -0.15) is 0 Å². The molecule has 4 nitrogen and oxygen atoms in total. The summed E-state index contributed by atoms with van der Waals surface area (Å²) in [7, 11) is 0. The Balaban J connectivity index is 1.53. The second-order valence-electron chi connectivity index (χ2n) is 6.34. The average Bonchev–Trinajstić information content (AvgIpc) is 3.05. The smallest absolute Gasteiger partial charge is 0.0992 e.